The first-order chi connectivity index (χ1) is 5.95. The number of primary sulfonamides is 1. The Balaban J connectivity index is 2.46. The lowest BCUT2D eigenvalue weighted by molar-refractivity contribution is -0.269. The Bertz CT molecular complexity index is 298. The van der Waals surface area contributed by atoms with Crippen LogP contribution in [0.5, 0.6) is 0 Å². The van der Waals surface area contributed by atoms with E-state index in [-0.39, 0.29) is 0 Å². The van der Waals surface area contributed by atoms with E-state index in [0.29, 0.717) is 13.0 Å². The van der Waals surface area contributed by atoms with E-state index in [9.17, 15) is 13.2 Å². The first-order valence-corrected chi connectivity index (χ1v) is 5.04. The number of hydrogen-bond acceptors (Lipinski definition) is 6. The molecule has 0 spiro atoms. The third kappa shape index (κ3) is 2.37. The molecular formula is C5H10N2O5S. The van der Waals surface area contributed by atoms with E-state index in [0.717, 1.165) is 0 Å². The van der Waals surface area contributed by atoms with Gasteiger partial charge in [0.2, 0.25) is 0 Å². The van der Waals surface area contributed by atoms with Gasteiger partial charge >= 0.3 is 15.3 Å². The van der Waals surface area contributed by atoms with Gasteiger partial charge in [0.25, 0.3) is 0 Å². The molecule has 0 aromatic rings. The molecule has 0 saturated carbocycles. The van der Waals surface area contributed by atoms with Crippen molar-refractivity contribution in [3.8, 4) is 0 Å². The highest BCUT2D eigenvalue weighted by Crippen LogP contribution is 2.18. The van der Waals surface area contributed by atoms with Gasteiger partial charge in [-0.2, -0.15) is 0 Å². The lowest BCUT2D eigenvalue weighted by Gasteiger charge is -2.36. The van der Waals surface area contributed by atoms with Crippen LogP contribution in [0.1, 0.15) is 6.42 Å². The second-order valence-electron chi connectivity index (χ2n) is 2.48. The molecule has 0 bridgehead atoms. The molecule has 0 radical (unpaired) electrons. The minimum Gasteiger partial charge on any atom is -0.432 e. The largest absolute Gasteiger partial charge is 0.441 e. The van der Waals surface area contributed by atoms with Crippen molar-refractivity contribution in [3.63, 3.8) is 0 Å². The van der Waals surface area contributed by atoms with E-state index in [4.69, 9.17) is 4.84 Å². The van der Waals surface area contributed by atoms with E-state index < -0.39 is 21.6 Å². The van der Waals surface area contributed by atoms with Gasteiger partial charge in [-0.1, -0.05) is 0 Å². The van der Waals surface area contributed by atoms with Crippen molar-refractivity contribution in [3.05, 3.63) is 0 Å². The molecule has 0 aliphatic carbocycles. The van der Waals surface area contributed by atoms with Crippen molar-refractivity contribution in [2.75, 3.05) is 13.7 Å². The molecule has 1 aliphatic rings. The number of carbonyl (C=O) groups is 1. The van der Waals surface area contributed by atoms with Gasteiger partial charge in [-0.25, -0.2) is 18.4 Å². The summed E-state index contributed by atoms with van der Waals surface area (Å²) in [4.78, 5) is 15.4. The first-order valence-electron chi connectivity index (χ1n) is 3.49. The summed E-state index contributed by atoms with van der Waals surface area (Å²) in [7, 11) is -2.85. The number of carbonyl (C=O) groups excluding carboxylic acids is 1. The maximum Gasteiger partial charge on any atom is 0.441 e. The number of nitrogens with zero attached hydrogens (tertiary/aromatic N) is 1. The fraction of sp³-hybridized carbons (Fsp3) is 0.800. The molecule has 13 heavy (non-hydrogen) atoms. The van der Waals surface area contributed by atoms with Crippen molar-refractivity contribution < 1.29 is 22.8 Å². The van der Waals surface area contributed by atoms with Gasteiger partial charge in [-0.15, -0.1) is 5.06 Å². The van der Waals surface area contributed by atoms with Gasteiger partial charge in [0.05, 0.1) is 7.11 Å². The molecule has 1 unspecified atom stereocenters. The fourth-order valence-corrected chi connectivity index (χ4v) is 1.09. The van der Waals surface area contributed by atoms with E-state index in [1.807, 2.05) is 0 Å². The Morgan fingerprint density at radius 2 is 2.23 bits per heavy atom. The quantitative estimate of drug-likeness (QED) is 0.587. The van der Waals surface area contributed by atoms with Crippen LogP contribution in [-0.4, -0.2) is 38.7 Å². The standard InChI is InChI=1S/C5H10N2O5S/c1-11-7-3-2-4(7)12-5(8)13(6,9)10/h4H,2-3H2,1H3,(H2,6,9,10). The topological polar surface area (TPSA) is 98.9 Å². The van der Waals surface area contributed by atoms with Gasteiger partial charge < -0.3 is 4.74 Å². The van der Waals surface area contributed by atoms with Crippen LogP contribution in [0.2, 0.25) is 0 Å². The maximum absolute atomic E-state index is 10.7. The number of hydrogen-bond donors (Lipinski definition) is 1. The van der Waals surface area contributed by atoms with E-state index in [2.05, 4.69) is 9.88 Å². The fourth-order valence-electron chi connectivity index (χ4n) is 0.845. The summed E-state index contributed by atoms with van der Waals surface area (Å²) < 4.78 is 25.4. The van der Waals surface area contributed by atoms with Gasteiger partial charge in [0, 0.05) is 13.0 Å². The maximum atomic E-state index is 10.7. The molecular weight excluding hydrogens is 200 g/mol. The van der Waals surface area contributed by atoms with Crippen LogP contribution >= 0.6 is 0 Å². The molecule has 7 nitrogen and oxygen atoms in total. The Kier molecular flexibility index (Phi) is 2.86. The van der Waals surface area contributed by atoms with E-state index in [1.165, 1.54) is 12.2 Å². The van der Waals surface area contributed by atoms with Crippen LogP contribution in [0.15, 0.2) is 0 Å². The van der Waals surface area contributed by atoms with Crippen LogP contribution in [-0.2, 0) is 19.6 Å². The molecule has 0 amide bonds. The third-order valence-corrected chi connectivity index (χ3v) is 2.18. The molecule has 1 atom stereocenters. The number of sulfonamides is 1. The van der Waals surface area contributed by atoms with Crippen LogP contribution in [0.4, 0.5) is 4.79 Å². The number of hydroxylamine groups is 2. The van der Waals surface area contributed by atoms with Gasteiger partial charge in [-0.05, 0) is 0 Å². The van der Waals surface area contributed by atoms with Crippen LogP contribution in [0.25, 0.3) is 0 Å². The number of ether oxygens (including phenoxy) is 1. The summed E-state index contributed by atoms with van der Waals surface area (Å²) in [5.41, 5.74) is 0. The summed E-state index contributed by atoms with van der Waals surface area (Å²) >= 11 is 0. The average molecular weight is 210 g/mol. The zero-order valence-corrected chi connectivity index (χ0v) is 7.78. The second kappa shape index (κ2) is 3.58. The lowest BCUT2D eigenvalue weighted by atomic mass is 10.2. The Hall–Kier alpha value is -0.700. The summed E-state index contributed by atoms with van der Waals surface area (Å²) in [6, 6.07) is 0. The molecule has 76 valence electrons. The molecule has 1 aliphatic heterocycles. The SMILES string of the molecule is CON1CCC1OC(=O)S(N)(=O)=O. The molecule has 1 rings (SSSR count). The molecule has 0 aromatic heterocycles. The molecule has 1 fully saturated rings. The molecule has 1 saturated heterocycles. The Labute approximate surface area is 75.4 Å². The summed E-state index contributed by atoms with van der Waals surface area (Å²) in [6.07, 6.45) is -0.106. The number of nitrogens with two attached hydrogens (primary N) is 1. The lowest BCUT2D eigenvalue weighted by Crippen LogP contribution is -2.50. The zero-order valence-electron chi connectivity index (χ0n) is 6.97. The normalized spacial score (nSPS) is 23.7. The van der Waals surface area contributed by atoms with Gasteiger partial charge in [0.15, 0.2) is 6.23 Å². The highest BCUT2D eigenvalue weighted by atomic mass is 32.2. The van der Waals surface area contributed by atoms with Crippen molar-refractivity contribution >= 4 is 15.3 Å². The Morgan fingerprint density at radius 1 is 1.62 bits per heavy atom. The molecule has 1 heterocycles. The third-order valence-electron chi connectivity index (χ3n) is 1.62. The van der Waals surface area contributed by atoms with E-state index >= 15 is 0 Å². The molecule has 8 heteroatoms. The van der Waals surface area contributed by atoms with Crippen LogP contribution in [0.3, 0.4) is 0 Å². The average Bonchev–Trinajstić information content (AvgIpc) is 1.96. The monoisotopic (exact) mass is 210 g/mol. The summed E-state index contributed by atoms with van der Waals surface area (Å²) in [5.74, 6) is 0. The summed E-state index contributed by atoms with van der Waals surface area (Å²) in [5, 5.41) is 4.44. The minimum atomic E-state index is -4.25. The smallest absolute Gasteiger partial charge is 0.432 e. The molecule has 2 N–H and O–H groups in total. The summed E-state index contributed by atoms with van der Waals surface area (Å²) in [6.45, 7) is 0.596. The van der Waals surface area contributed by atoms with Crippen molar-refractivity contribution in [2.24, 2.45) is 5.14 Å². The Morgan fingerprint density at radius 3 is 2.54 bits per heavy atom. The highest BCUT2D eigenvalue weighted by molar-refractivity contribution is 8.03. The van der Waals surface area contributed by atoms with Crippen LogP contribution < -0.4 is 5.14 Å². The predicted molar refractivity (Wildman–Crippen MR) is 41.7 cm³/mol. The second-order valence-corrected chi connectivity index (χ2v) is 3.90. The molecule has 0 aromatic carbocycles. The highest BCUT2D eigenvalue weighted by Gasteiger charge is 2.34. The first kappa shape index (κ1) is 10.4. The zero-order chi connectivity index (χ0) is 10.1. The van der Waals surface area contributed by atoms with Gasteiger partial charge in [0.1, 0.15) is 0 Å². The minimum absolute atomic E-state index is 0.537. The van der Waals surface area contributed by atoms with Crippen molar-refractivity contribution in [1.82, 2.24) is 5.06 Å². The predicted octanol–water partition coefficient (Wildman–Crippen LogP) is -0.995. The van der Waals surface area contributed by atoms with Gasteiger partial charge in [-0.3, -0.25) is 4.84 Å². The number of rotatable bonds is 2. The van der Waals surface area contributed by atoms with E-state index in [1.54, 1.807) is 0 Å². The van der Waals surface area contributed by atoms with Crippen molar-refractivity contribution in [2.45, 2.75) is 12.6 Å². The van der Waals surface area contributed by atoms with Crippen LogP contribution in [0, 0.1) is 0 Å². The van der Waals surface area contributed by atoms with Crippen molar-refractivity contribution in [1.29, 1.82) is 0 Å².